The van der Waals surface area contributed by atoms with Crippen LogP contribution in [0.2, 0.25) is 0 Å². The fourth-order valence-corrected chi connectivity index (χ4v) is 1.41. The zero-order valence-electron chi connectivity index (χ0n) is 8.68. The zero-order valence-corrected chi connectivity index (χ0v) is 8.68. The Bertz CT molecular complexity index is 383. The predicted octanol–water partition coefficient (Wildman–Crippen LogP) is 2.53. The van der Waals surface area contributed by atoms with Gasteiger partial charge in [0.2, 0.25) is 0 Å². The minimum absolute atomic E-state index is 0.222. The quantitative estimate of drug-likeness (QED) is 0.827. The minimum Gasteiger partial charge on any atom is -0.468 e. The summed E-state index contributed by atoms with van der Waals surface area (Å²) < 4.78 is 5.31. The fourth-order valence-electron chi connectivity index (χ4n) is 1.41. The third-order valence-corrected chi connectivity index (χ3v) is 2.31. The van der Waals surface area contributed by atoms with E-state index < -0.39 is 0 Å². The molecule has 0 saturated heterocycles. The van der Waals surface area contributed by atoms with Crippen LogP contribution in [-0.4, -0.2) is 4.98 Å². The highest BCUT2D eigenvalue weighted by atomic mass is 16.3. The monoisotopic (exact) mass is 202 g/mol. The molecule has 1 atom stereocenters. The molecule has 0 saturated carbocycles. The molecule has 0 aliphatic heterocycles. The van der Waals surface area contributed by atoms with Crippen molar-refractivity contribution in [3.05, 3.63) is 54.2 Å². The summed E-state index contributed by atoms with van der Waals surface area (Å²) >= 11 is 0. The van der Waals surface area contributed by atoms with Crippen molar-refractivity contribution in [2.75, 3.05) is 0 Å². The lowest BCUT2D eigenvalue weighted by Crippen LogP contribution is -2.17. The molecular formula is C12H14N2O. The van der Waals surface area contributed by atoms with E-state index in [2.05, 4.69) is 23.3 Å². The summed E-state index contributed by atoms with van der Waals surface area (Å²) in [7, 11) is 0. The molecule has 15 heavy (non-hydrogen) atoms. The van der Waals surface area contributed by atoms with Gasteiger partial charge in [-0.3, -0.25) is 4.98 Å². The molecule has 2 aromatic rings. The Morgan fingerprint density at radius 3 is 3.00 bits per heavy atom. The average molecular weight is 202 g/mol. The molecule has 0 fully saturated rings. The number of rotatable bonds is 4. The van der Waals surface area contributed by atoms with E-state index >= 15 is 0 Å². The second-order valence-electron chi connectivity index (χ2n) is 3.48. The molecule has 0 spiro atoms. The molecule has 0 amide bonds. The molecule has 0 radical (unpaired) electrons. The maximum absolute atomic E-state index is 5.31. The van der Waals surface area contributed by atoms with Gasteiger partial charge in [-0.1, -0.05) is 6.07 Å². The van der Waals surface area contributed by atoms with Crippen LogP contribution in [0.25, 0.3) is 0 Å². The molecule has 0 unspecified atom stereocenters. The molecule has 3 heteroatoms. The Morgan fingerprint density at radius 2 is 2.33 bits per heavy atom. The van der Waals surface area contributed by atoms with E-state index in [4.69, 9.17) is 4.42 Å². The second-order valence-corrected chi connectivity index (χ2v) is 3.48. The van der Waals surface area contributed by atoms with E-state index in [1.54, 1.807) is 12.5 Å². The Morgan fingerprint density at radius 1 is 1.40 bits per heavy atom. The molecule has 3 nitrogen and oxygen atoms in total. The van der Waals surface area contributed by atoms with Crippen molar-refractivity contribution in [1.82, 2.24) is 10.3 Å². The first-order valence-corrected chi connectivity index (χ1v) is 5.02. The molecule has 0 bridgehead atoms. The maximum atomic E-state index is 5.31. The highest BCUT2D eigenvalue weighted by Crippen LogP contribution is 2.12. The lowest BCUT2D eigenvalue weighted by molar-refractivity contribution is 0.430. The Hall–Kier alpha value is -1.61. The van der Waals surface area contributed by atoms with Crippen molar-refractivity contribution in [3.63, 3.8) is 0 Å². The first-order valence-electron chi connectivity index (χ1n) is 5.02. The van der Waals surface area contributed by atoms with E-state index in [0.29, 0.717) is 0 Å². The van der Waals surface area contributed by atoms with Crippen molar-refractivity contribution in [1.29, 1.82) is 0 Å². The van der Waals surface area contributed by atoms with Crippen LogP contribution >= 0.6 is 0 Å². The summed E-state index contributed by atoms with van der Waals surface area (Å²) in [6, 6.07) is 8.09. The number of pyridine rings is 1. The second kappa shape index (κ2) is 4.75. The van der Waals surface area contributed by atoms with Crippen LogP contribution in [0.15, 0.2) is 47.3 Å². The van der Waals surface area contributed by atoms with Gasteiger partial charge in [-0.2, -0.15) is 0 Å². The first kappa shape index (κ1) is 9.93. The van der Waals surface area contributed by atoms with Gasteiger partial charge >= 0.3 is 0 Å². The fraction of sp³-hybridized carbons (Fsp3) is 0.250. The van der Waals surface area contributed by atoms with Crippen LogP contribution in [-0.2, 0) is 6.54 Å². The number of hydrogen-bond donors (Lipinski definition) is 1. The highest BCUT2D eigenvalue weighted by molar-refractivity contribution is 5.09. The predicted molar refractivity (Wildman–Crippen MR) is 58.2 cm³/mol. The lowest BCUT2D eigenvalue weighted by Gasteiger charge is -2.10. The van der Waals surface area contributed by atoms with Crippen molar-refractivity contribution >= 4 is 0 Å². The topological polar surface area (TPSA) is 38.1 Å². The molecule has 2 rings (SSSR count). The van der Waals surface area contributed by atoms with E-state index in [-0.39, 0.29) is 6.04 Å². The van der Waals surface area contributed by atoms with Crippen molar-refractivity contribution in [2.24, 2.45) is 0 Å². The Labute approximate surface area is 89.1 Å². The molecule has 0 aliphatic rings. The number of nitrogens with zero attached hydrogens (tertiary/aromatic N) is 1. The summed E-state index contributed by atoms with van der Waals surface area (Å²) in [6.45, 7) is 2.88. The van der Waals surface area contributed by atoms with Crippen LogP contribution in [0.5, 0.6) is 0 Å². The largest absolute Gasteiger partial charge is 0.468 e. The molecule has 2 heterocycles. The molecule has 2 aromatic heterocycles. The number of nitrogens with one attached hydrogen (secondary N) is 1. The summed E-state index contributed by atoms with van der Waals surface area (Å²) in [5.41, 5.74) is 1.18. The van der Waals surface area contributed by atoms with Gasteiger partial charge in [0.1, 0.15) is 5.76 Å². The van der Waals surface area contributed by atoms with Gasteiger partial charge in [0, 0.05) is 18.9 Å². The number of furan rings is 1. The van der Waals surface area contributed by atoms with Crippen molar-refractivity contribution in [3.8, 4) is 0 Å². The summed E-state index contributed by atoms with van der Waals surface area (Å²) in [5.74, 6) is 0.957. The molecule has 78 valence electrons. The van der Waals surface area contributed by atoms with Gasteiger partial charge in [-0.25, -0.2) is 0 Å². The lowest BCUT2D eigenvalue weighted by atomic mass is 10.2. The summed E-state index contributed by atoms with van der Waals surface area (Å²) in [5, 5.41) is 3.37. The van der Waals surface area contributed by atoms with Gasteiger partial charge in [0.25, 0.3) is 0 Å². The van der Waals surface area contributed by atoms with Crippen molar-refractivity contribution < 1.29 is 4.42 Å². The molecule has 1 N–H and O–H groups in total. The average Bonchev–Trinajstić information content (AvgIpc) is 2.81. The van der Waals surface area contributed by atoms with Gasteiger partial charge < -0.3 is 9.73 Å². The SMILES string of the molecule is C[C@@H](NCc1cccnc1)c1ccco1. The van der Waals surface area contributed by atoms with E-state index in [1.165, 1.54) is 5.56 Å². The number of aromatic nitrogens is 1. The normalized spacial score (nSPS) is 12.6. The smallest absolute Gasteiger partial charge is 0.120 e. The van der Waals surface area contributed by atoms with Crippen LogP contribution in [0, 0.1) is 0 Å². The molecule has 0 aromatic carbocycles. The maximum Gasteiger partial charge on any atom is 0.120 e. The minimum atomic E-state index is 0.222. The third kappa shape index (κ3) is 2.67. The number of hydrogen-bond acceptors (Lipinski definition) is 3. The zero-order chi connectivity index (χ0) is 10.5. The summed E-state index contributed by atoms with van der Waals surface area (Å²) in [4.78, 5) is 4.06. The van der Waals surface area contributed by atoms with Gasteiger partial charge in [0.05, 0.1) is 12.3 Å². The van der Waals surface area contributed by atoms with Crippen LogP contribution in [0.1, 0.15) is 24.3 Å². The Balaban J connectivity index is 1.89. The van der Waals surface area contributed by atoms with E-state index in [1.807, 2.05) is 24.4 Å². The summed E-state index contributed by atoms with van der Waals surface area (Å²) in [6.07, 6.45) is 5.33. The Kier molecular flexibility index (Phi) is 3.15. The molecule has 0 aliphatic carbocycles. The van der Waals surface area contributed by atoms with Crippen LogP contribution in [0.4, 0.5) is 0 Å². The van der Waals surface area contributed by atoms with Crippen LogP contribution < -0.4 is 5.32 Å². The van der Waals surface area contributed by atoms with E-state index in [9.17, 15) is 0 Å². The third-order valence-electron chi connectivity index (χ3n) is 2.31. The van der Waals surface area contributed by atoms with E-state index in [0.717, 1.165) is 12.3 Å². The molecular weight excluding hydrogens is 188 g/mol. The van der Waals surface area contributed by atoms with Crippen molar-refractivity contribution in [2.45, 2.75) is 19.5 Å². The van der Waals surface area contributed by atoms with Gasteiger partial charge in [-0.15, -0.1) is 0 Å². The first-order chi connectivity index (χ1) is 7.36. The van der Waals surface area contributed by atoms with Gasteiger partial charge in [-0.05, 0) is 30.7 Å². The van der Waals surface area contributed by atoms with Crippen LogP contribution in [0.3, 0.4) is 0 Å². The highest BCUT2D eigenvalue weighted by Gasteiger charge is 2.06. The van der Waals surface area contributed by atoms with Gasteiger partial charge in [0.15, 0.2) is 0 Å². The standard InChI is InChI=1S/C12H14N2O/c1-10(12-5-3-7-15-12)14-9-11-4-2-6-13-8-11/h2-8,10,14H,9H2,1H3/t10-/m1/s1.